The lowest BCUT2D eigenvalue weighted by atomic mass is 10.1. The first kappa shape index (κ1) is 24.7. The number of aliphatic hydroxyl groups excluding tert-OH is 1. The predicted octanol–water partition coefficient (Wildman–Crippen LogP) is 1.86. The van der Waals surface area contributed by atoms with Gasteiger partial charge in [0.05, 0.1) is 25.6 Å². The Balaban J connectivity index is 2.17. The molecule has 0 heterocycles. The Morgan fingerprint density at radius 2 is 1.62 bits per heavy atom. The van der Waals surface area contributed by atoms with E-state index < -0.39 is 11.9 Å². The minimum Gasteiger partial charge on any atom is -0.515 e. The first-order chi connectivity index (χ1) is 14.0. The molecule has 29 heavy (non-hydrogen) atoms. The van der Waals surface area contributed by atoms with E-state index in [2.05, 4.69) is 15.4 Å². The van der Waals surface area contributed by atoms with E-state index in [4.69, 9.17) is 4.74 Å². The van der Waals surface area contributed by atoms with Crippen molar-refractivity contribution >= 4 is 39.4 Å². The van der Waals surface area contributed by atoms with Crippen molar-refractivity contribution in [1.82, 2.24) is 10.6 Å². The van der Waals surface area contributed by atoms with E-state index in [0.29, 0.717) is 31.0 Å². The zero-order chi connectivity index (χ0) is 21.5. The molecule has 0 saturated heterocycles. The molecule has 0 aliphatic carbocycles. The summed E-state index contributed by atoms with van der Waals surface area (Å²) in [6, 6.07) is 7.27. The van der Waals surface area contributed by atoms with Crippen LogP contribution in [0, 0.1) is 0 Å². The molecular formula is C19H26N2O6S2. The van der Waals surface area contributed by atoms with Gasteiger partial charge in [-0.1, -0.05) is 33.7 Å². The Morgan fingerprint density at radius 1 is 1.03 bits per heavy atom. The molecule has 1 aromatic rings. The fraction of sp³-hybridized carbons (Fsp3) is 0.421. The number of hydrogen-bond acceptors (Lipinski definition) is 8. The summed E-state index contributed by atoms with van der Waals surface area (Å²) < 4.78 is 9.67. The minimum atomic E-state index is -0.879. The van der Waals surface area contributed by atoms with E-state index in [1.807, 2.05) is 12.1 Å². The average molecular weight is 443 g/mol. The van der Waals surface area contributed by atoms with E-state index >= 15 is 0 Å². The van der Waals surface area contributed by atoms with Gasteiger partial charge in [0.25, 0.3) is 5.91 Å². The summed E-state index contributed by atoms with van der Waals surface area (Å²) in [5.74, 6) is 0.0467. The summed E-state index contributed by atoms with van der Waals surface area (Å²) in [5, 5.41) is 14.6. The molecule has 0 aromatic heterocycles. The van der Waals surface area contributed by atoms with Gasteiger partial charge in [0.2, 0.25) is 0 Å². The molecule has 0 spiro atoms. The highest BCUT2D eigenvalue weighted by molar-refractivity contribution is 8.76. The number of ether oxygens (including phenoxy) is 2. The number of carbonyl (C=O) groups is 3. The standard InChI is InChI=1S/C19H26N2O6S2/c1-3-27-19(25)18(24)21-9-11-29-28-10-8-20-17(23)15(13-22)12-14-4-6-16(26-2)7-5-14/h4-7,13,22H,3,8-12H2,1-2H3,(H,20,23)(H,21,24)/b15-13+. The molecule has 0 saturated carbocycles. The predicted molar refractivity (Wildman–Crippen MR) is 115 cm³/mol. The Bertz CT molecular complexity index is 694. The Kier molecular flexibility index (Phi) is 12.5. The molecule has 1 rings (SSSR count). The van der Waals surface area contributed by atoms with Gasteiger partial charge in [0.15, 0.2) is 0 Å². The van der Waals surface area contributed by atoms with E-state index in [1.165, 1.54) is 21.6 Å². The lowest BCUT2D eigenvalue weighted by Crippen LogP contribution is -2.33. The highest BCUT2D eigenvalue weighted by Crippen LogP contribution is 2.19. The number of amides is 2. The van der Waals surface area contributed by atoms with Gasteiger partial charge in [-0.3, -0.25) is 9.59 Å². The second-order valence-electron chi connectivity index (χ2n) is 5.56. The first-order valence-corrected chi connectivity index (χ1v) is 11.4. The van der Waals surface area contributed by atoms with Gasteiger partial charge in [-0.25, -0.2) is 4.79 Å². The second kappa shape index (κ2) is 14.6. The molecule has 160 valence electrons. The monoisotopic (exact) mass is 442 g/mol. The molecule has 0 fully saturated rings. The molecule has 10 heteroatoms. The highest BCUT2D eigenvalue weighted by atomic mass is 33.1. The van der Waals surface area contributed by atoms with Crippen molar-refractivity contribution in [1.29, 1.82) is 0 Å². The number of esters is 1. The summed E-state index contributed by atoms with van der Waals surface area (Å²) in [5.41, 5.74) is 1.16. The molecule has 3 N–H and O–H groups in total. The van der Waals surface area contributed by atoms with Crippen LogP contribution in [0.15, 0.2) is 36.1 Å². The highest BCUT2D eigenvalue weighted by Gasteiger charge is 2.13. The van der Waals surface area contributed by atoms with Crippen molar-refractivity contribution in [2.45, 2.75) is 13.3 Å². The van der Waals surface area contributed by atoms with Crippen LogP contribution in [0.5, 0.6) is 5.75 Å². The number of rotatable bonds is 12. The quantitative estimate of drug-likeness (QED) is 0.112. The van der Waals surface area contributed by atoms with Crippen molar-refractivity contribution in [3.63, 3.8) is 0 Å². The van der Waals surface area contributed by atoms with Crippen LogP contribution >= 0.6 is 21.6 Å². The number of nitrogens with one attached hydrogen (secondary N) is 2. The van der Waals surface area contributed by atoms with Crippen molar-refractivity contribution in [3.8, 4) is 5.75 Å². The molecule has 0 aliphatic rings. The molecule has 2 amide bonds. The third kappa shape index (κ3) is 10.1. The Labute approximate surface area is 178 Å². The molecule has 0 bridgehead atoms. The normalized spacial score (nSPS) is 10.9. The zero-order valence-electron chi connectivity index (χ0n) is 16.4. The molecule has 1 aromatic carbocycles. The topological polar surface area (TPSA) is 114 Å². The van der Waals surface area contributed by atoms with Gasteiger partial charge in [-0.2, -0.15) is 0 Å². The number of benzene rings is 1. The van der Waals surface area contributed by atoms with E-state index in [1.54, 1.807) is 26.2 Å². The SMILES string of the molecule is CCOC(=O)C(=O)NCCSSCCNC(=O)/C(=C/O)Cc1ccc(OC)cc1. The molecule has 8 nitrogen and oxygen atoms in total. The molecule has 0 unspecified atom stereocenters. The maximum atomic E-state index is 12.2. The smallest absolute Gasteiger partial charge is 0.396 e. The van der Waals surface area contributed by atoms with Crippen LogP contribution in [-0.2, 0) is 25.5 Å². The summed E-state index contributed by atoms with van der Waals surface area (Å²) >= 11 is 0. The Morgan fingerprint density at radius 3 is 2.14 bits per heavy atom. The number of aliphatic hydroxyl groups is 1. The molecule has 0 atom stereocenters. The van der Waals surface area contributed by atoms with Crippen molar-refractivity contribution in [2.24, 2.45) is 0 Å². The van der Waals surface area contributed by atoms with E-state index in [-0.39, 0.29) is 18.1 Å². The lowest BCUT2D eigenvalue weighted by Gasteiger charge is -2.09. The molecule has 0 radical (unpaired) electrons. The van der Waals surface area contributed by atoms with Crippen molar-refractivity contribution in [3.05, 3.63) is 41.7 Å². The second-order valence-corrected chi connectivity index (χ2v) is 8.26. The molecular weight excluding hydrogens is 416 g/mol. The summed E-state index contributed by atoms with van der Waals surface area (Å²) in [7, 11) is 4.63. The molecule has 0 aliphatic heterocycles. The third-order valence-corrected chi connectivity index (χ3v) is 5.90. The van der Waals surface area contributed by atoms with Gasteiger partial charge in [-0.05, 0) is 24.6 Å². The number of methoxy groups -OCH3 is 1. The lowest BCUT2D eigenvalue weighted by molar-refractivity contribution is -0.154. The van der Waals surface area contributed by atoms with Crippen LogP contribution in [0.1, 0.15) is 12.5 Å². The fourth-order valence-corrected chi connectivity index (χ4v) is 3.87. The van der Waals surface area contributed by atoms with Crippen LogP contribution < -0.4 is 15.4 Å². The van der Waals surface area contributed by atoms with Gasteiger partial charge in [-0.15, -0.1) is 0 Å². The van der Waals surface area contributed by atoms with Crippen molar-refractivity contribution in [2.75, 3.05) is 38.3 Å². The van der Waals surface area contributed by atoms with Crippen LogP contribution in [-0.4, -0.2) is 61.2 Å². The third-order valence-electron chi connectivity index (χ3n) is 3.49. The summed E-state index contributed by atoms with van der Waals surface area (Å²) in [4.78, 5) is 34.6. The van der Waals surface area contributed by atoms with Crippen LogP contribution in [0.3, 0.4) is 0 Å². The van der Waals surface area contributed by atoms with E-state index in [9.17, 15) is 19.5 Å². The maximum Gasteiger partial charge on any atom is 0.396 e. The van der Waals surface area contributed by atoms with Gasteiger partial charge >= 0.3 is 11.9 Å². The minimum absolute atomic E-state index is 0.163. The van der Waals surface area contributed by atoms with Crippen molar-refractivity contribution < 1.29 is 29.0 Å². The number of hydrogen-bond donors (Lipinski definition) is 3. The first-order valence-electron chi connectivity index (χ1n) is 8.95. The average Bonchev–Trinajstić information content (AvgIpc) is 2.74. The summed E-state index contributed by atoms with van der Waals surface area (Å²) in [6.07, 6.45) is 1.14. The largest absolute Gasteiger partial charge is 0.515 e. The van der Waals surface area contributed by atoms with Crippen LogP contribution in [0.2, 0.25) is 0 Å². The van der Waals surface area contributed by atoms with Crippen LogP contribution in [0.25, 0.3) is 0 Å². The maximum absolute atomic E-state index is 12.2. The number of carbonyl (C=O) groups excluding carboxylic acids is 3. The van der Waals surface area contributed by atoms with Gasteiger partial charge < -0.3 is 25.2 Å². The van der Waals surface area contributed by atoms with Gasteiger partial charge in [0.1, 0.15) is 5.75 Å². The van der Waals surface area contributed by atoms with Gasteiger partial charge in [0, 0.05) is 31.0 Å². The summed E-state index contributed by atoms with van der Waals surface area (Å²) in [6.45, 7) is 2.58. The Hall–Kier alpha value is -2.33. The van der Waals surface area contributed by atoms with E-state index in [0.717, 1.165) is 17.6 Å². The van der Waals surface area contributed by atoms with Crippen LogP contribution in [0.4, 0.5) is 0 Å². The zero-order valence-corrected chi connectivity index (χ0v) is 18.1. The fourth-order valence-electron chi connectivity index (χ4n) is 2.06.